The van der Waals surface area contributed by atoms with Crippen LogP contribution in [0.15, 0.2) is 9.64 Å². The summed E-state index contributed by atoms with van der Waals surface area (Å²) in [5.74, 6) is 0.730. The first-order chi connectivity index (χ1) is 10.1. The molecule has 2 heterocycles. The van der Waals surface area contributed by atoms with E-state index in [0.29, 0.717) is 43.9 Å². The maximum absolute atomic E-state index is 12.1. The predicted molar refractivity (Wildman–Crippen MR) is 74.9 cm³/mol. The van der Waals surface area contributed by atoms with E-state index in [1.807, 2.05) is 0 Å². The van der Waals surface area contributed by atoms with Gasteiger partial charge in [0.15, 0.2) is 0 Å². The zero-order valence-electron chi connectivity index (χ0n) is 12.1. The van der Waals surface area contributed by atoms with Crippen molar-refractivity contribution in [3.8, 4) is 0 Å². The van der Waals surface area contributed by atoms with Crippen molar-refractivity contribution < 1.29 is 18.7 Å². The van der Waals surface area contributed by atoms with Crippen LogP contribution in [0.25, 0.3) is 0 Å². The fraction of sp³-hybridized carbons (Fsp3) is 0.667. The third kappa shape index (κ3) is 4.35. The summed E-state index contributed by atoms with van der Waals surface area (Å²) >= 11 is 1.22. The van der Waals surface area contributed by atoms with Gasteiger partial charge in [0, 0.05) is 33.1 Å². The molecule has 0 N–H and O–H groups in total. The molecule has 1 aromatic rings. The van der Waals surface area contributed by atoms with Crippen LogP contribution in [0, 0.1) is 6.92 Å². The summed E-state index contributed by atoms with van der Waals surface area (Å²) in [5.41, 5.74) is 0. The van der Waals surface area contributed by atoms with Crippen LogP contribution in [-0.4, -0.2) is 70.5 Å². The molecule has 1 aromatic heterocycles. The smallest absolute Gasteiger partial charge is 0.409 e. The fourth-order valence-electron chi connectivity index (χ4n) is 1.90. The average Bonchev–Trinajstić information content (AvgIpc) is 2.91. The number of aryl methyl sites for hydroxylation is 1. The quantitative estimate of drug-likeness (QED) is 0.758. The zero-order chi connectivity index (χ0) is 15.2. The number of thioether (sulfide) groups is 1. The number of piperazine rings is 1. The number of hydrogen-bond acceptors (Lipinski definition) is 7. The van der Waals surface area contributed by atoms with E-state index in [-0.39, 0.29) is 17.8 Å². The third-order valence-corrected chi connectivity index (χ3v) is 3.79. The van der Waals surface area contributed by atoms with Crippen LogP contribution < -0.4 is 0 Å². The van der Waals surface area contributed by atoms with Crippen LogP contribution in [0.1, 0.15) is 12.8 Å². The summed E-state index contributed by atoms with van der Waals surface area (Å²) in [5, 5.41) is 7.92. The third-order valence-electron chi connectivity index (χ3n) is 2.98. The number of hydrogen-bond donors (Lipinski definition) is 0. The van der Waals surface area contributed by atoms with Crippen molar-refractivity contribution in [1.29, 1.82) is 0 Å². The molecule has 0 atom stereocenters. The monoisotopic (exact) mass is 314 g/mol. The van der Waals surface area contributed by atoms with Gasteiger partial charge in [0.1, 0.15) is 0 Å². The Morgan fingerprint density at radius 1 is 1.24 bits per heavy atom. The molecule has 1 aliphatic heterocycles. The number of aromatic nitrogens is 2. The zero-order valence-corrected chi connectivity index (χ0v) is 12.9. The van der Waals surface area contributed by atoms with Crippen molar-refractivity contribution in [1.82, 2.24) is 20.0 Å². The second-order valence-electron chi connectivity index (χ2n) is 4.44. The summed E-state index contributed by atoms with van der Waals surface area (Å²) in [6, 6.07) is 0. The number of nitrogens with zero attached hydrogens (tertiary/aromatic N) is 4. The summed E-state index contributed by atoms with van der Waals surface area (Å²) < 4.78 is 10.1. The van der Waals surface area contributed by atoms with Gasteiger partial charge < -0.3 is 19.0 Å². The molecule has 0 radical (unpaired) electrons. The number of ether oxygens (including phenoxy) is 1. The molecular formula is C12H18N4O4S. The van der Waals surface area contributed by atoms with Gasteiger partial charge in [-0.05, 0) is 6.92 Å². The van der Waals surface area contributed by atoms with E-state index in [9.17, 15) is 9.59 Å². The minimum Gasteiger partial charge on any atom is -0.450 e. The second kappa shape index (κ2) is 7.30. The minimum absolute atomic E-state index is 0.000591. The lowest BCUT2D eigenvalue weighted by atomic mass is 10.3. The molecule has 8 nitrogen and oxygen atoms in total. The van der Waals surface area contributed by atoms with Crippen LogP contribution in [0.2, 0.25) is 0 Å². The lowest BCUT2D eigenvalue weighted by molar-refractivity contribution is -0.129. The normalized spacial score (nSPS) is 15.1. The lowest BCUT2D eigenvalue weighted by Crippen LogP contribution is -2.51. The summed E-state index contributed by atoms with van der Waals surface area (Å²) in [4.78, 5) is 27.0. The van der Waals surface area contributed by atoms with Crippen molar-refractivity contribution in [2.45, 2.75) is 19.1 Å². The fourth-order valence-corrected chi connectivity index (χ4v) is 2.61. The van der Waals surface area contributed by atoms with Crippen molar-refractivity contribution in [2.75, 3.05) is 38.5 Å². The van der Waals surface area contributed by atoms with Crippen molar-refractivity contribution in [3.05, 3.63) is 5.89 Å². The average molecular weight is 314 g/mol. The van der Waals surface area contributed by atoms with Gasteiger partial charge in [-0.2, -0.15) is 0 Å². The second-order valence-corrected chi connectivity index (χ2v) is 5.37. The summed E-state index contributed by atoms with van der Waals surface area (Å²) in [7, 11) is 0. The molecule has 0 spiro atoms. The Hall–Kier alpha value is -1.77. The molecular weight excluding hydrogens is 296 g/mol. The first kappa shape index (κ1) is 15.6. The highest BCUT2D eigenvalue weighted by molar-refractivity contribution is 7.99. The molecule has 9 heteroatoms. The Bertz CT molecular complexity index is 499. The van der Waals surface area contributed by atoms with Crippen LogP contribution >= 0.6 is 11.8 Å². The van der Waals surface area contributed by atoms with Crippen molar-refractivity contribution >= 4 is 23.8 Å². The Morgan fingerprint density at radius 3 is 2.48 bits per heavy atom. The molecule has 0 unspecified atom stereocenters. The number of carbonyl (C=O) groups is 2. The van der Waals surface area contributed by atoms with E-state index in [1.165, 1.54) is 11.8 Å². The van der Waals surface area contributed by atoms with Crippen molar-refractivity contribution in [3.63, 3.8) is 0 Å². The highest BCUT2D eigenvalue weighted by Gasteiger charge is 2.25. The molecule has 1 saturated heterocycles. The molecule has 1 fully saturated rings. The van der Waals surface area contributed by atoms with E-state index >= 15 is 0 Å². The largest absolute Gasteiger partial charge is 0.450 e. The van der Waals surface area contributed by atoms with Gasteiger partial charge in [0.2, 0.25) is 11.8 Å². The van der Waals surface area contributed by atoms with Gasteiger partial charge in [-0.15, -0.1) is 10.2 Å². The summed E-state index contributed by atoms with van der Waals surface area (Å²) in [6.07, 6.45) is -0.319. The molecule has 2 rings (SSSR count). The van der Waals surface area contributed by atoms with Gasteiger partial charge in [0.25, 0.3) is 5.22 Å². The predicted octanol–water partition coefficient (Wildman–Crippen LogP) is 0.771. The van der Waals surface area contributed by atoms with Gasteiger partial charge in [-0.3, -0.25) is 4.79 Å². The molecule has 0 aromatic carbocycles. The molecule has 116 valence electrons. The Kier molecular flexibility index (Phi) is 5.43. The lowest BCUT2D eigenvalue weighted by Gasteiger charge is -2.33. The molecule has 0 saturated carbocycles. The Labute approximate surface area is 126 Å². The van der Waals surface area contributed by atoms with Crippen LogP contribution in [0.5, 0.6) is 0 Å². The number of amides is 2. The first-order valence-electron chi connectivity index (χ1n) is 6.72. The van der Waals surface area contributed by atoms with Gasteiger partial charge in [-0.25, -0.2) is 4.79 Å². The molecule has 0 aliphatic carbocycles. The van der Waals surface area contributed by atoms with Crippen LogP contribution in [0.3, 0.4) is 0 Å². The van der Waals surface area contributed by atoms with E-state index in [0.717, 1.165) is 0 Å². The van der Waals surface area contributed by atoms with Gasteiger partial charge >= 0.3 is 6.09 Å². The maximum atomic E-state index is 12.1. The number of carbonyl (C=O) groups excluding carboxylic acids is 2. The van der Waals surface area contributed by atoms with Gasteiger partial charge in [-0.1, -0.05) is 11.8 Å². The van der Waals surface area contributed by atoms with Crippen molar-refractivity contribution in [2.24, 2.45) is 0 Å². The SMILES string of the molecule is CCOC(=O)N1CCN(C(=O)CSc2nnc(C)o2)CC1. The van der Waals surface area contributed by atoms with E-state index in [4.69, 9.17) is 9.15 Å². The van der Waals surface area contributed by atoms with E-state index < -0.39 is 0 Å². The van der Waals surface area contributed by atoms with E-state index in [1.54, 1.807) is 23.6 Å². The molecule has 1 aliphatic rings. The standard InChI is InChI=1S/C12H18N4O4S/c1-3-19-12(18)16-6-4-15(5-7-16)10(17)8-21-11-14-13-9(2)20-11/h3-8H2,1-2H3. The molecule has 0 bridgehead atoms. The summed E-state index contributed by atoms with van der Waals surface area (Å²) in [6.45, 7) is 5.85. The highest BCUT2D eigenvalue weighted by atomic mass is 32.2. The maximum Gasteiger partial charge on any atom is 0.409 e. The number of rotatable bonds is 4. The highest BCUT2D eigenvalue weighted by Crippen LogP contribution is 2.16. The molecule has 2 amide bonds. The minimum atomic E-state index is -0.319. The van der Waals surface area contributed by atoms with Gasteiger partial charge in [0.05, 0.1) is 12.4 Å². The van der Waals surface area contributed by atoms with E-state index in [2.05, 4.69) is 10.2 Å². The molecule has 21 heavy (non-hydrogen) atoms. The van der Waals surface area contributed by atoms with Crippen LogP contribution in [-0.2, 0) is 9.53 Å². The topological polar surface area (TPSA) is 88.8 Å². The Morgan fingerprint density at radius 2 is 1.90 bits per heavy atom. The Balaban J connectivity index is 1.74. The van der Waals surface area contributed by atoms with Crippen LogP contribution in [0.4, 0.5) is 4.79 Å². The first-order valence-corrected chi connectivity index (χ1v) is 7.71.